The lowest BCUT2D eigenvalue weighted by Crippen LogP contribution is -2.50. The highest BCUT2D eigenvalue weighted by Crippen LogP contribution is 2.22. The fourth-order valence-corrected chi connectivity index (χ4v) is 3.35. The van der Waals surface area contributed by atoms with Crippen molar-refractivity contribution in [1.82, 2.24) is 10.2 Å². The van der Waals surface area contributed by atoms with E-state index in [9.17, 15) is 9.59 Å². The van der Waals surface area contributed by atoms with Crippen molar-refractivity contribution < 1.29 is 9.59 Å². The molecule has 2 rings (SSSR count). The Morgan fingerprint density at radius 3 is 2.68 bits per heavy atom. The molecule has 1 unspecified atom stereocenters. The monoisotopic (exact) mass is 431 g/mol. The summed E-state index contributed by atoms with van der Waals surface area (Å²) in [4.78, 5) is 26.9. The molecule has 0 radical (unpaired) electrons. The summed E-state index contributed by atoms with van der Waals surface area (Å²) in [6.45, 7) is 7.27. The van der Waals surface area contributed by atoms with Gasteiger partial charge in [-0.25, -0.2) is 0 Å². The van der Waals surface area contributed by atoms with Crippen LogP contribution in [0.4, 0.5) is 0 Å². The van der Waals surface area contributed by atoms with E-state index in [0.717, 1.165) is 22.9 Å². The average Bonchev–Trinajstić information content (AvgIpc) is 2.51. The zero-order valence-corrected chi connectivity index (χ0v) is 17.4. The summed E-state index contributed by atoms with van der Waals surface area (Å²) < 4.78 is 0.955. The molecule has 5 nitrogen and oxygen atoms in total. The molecule has 2 amide bonds. The number of amides is 2. The zero-order chi connectivity index (χ0) is 17.9. The van der Waals surface area contributed by atoms with E-state index in [1.807, 2.05) is 39.0 Å². The Balaban J connectivity index is 0.00000312. The number of carbonyl (C=O) groups excluding carboxylic acids is 2. The number of nitrogens with two attached hydrogens (primary N) is 1. The second kappa shape index (κ2) is 9.01. The van der Waals surface area contributed by atoms with Gasteiger partial charge in [-0.2, -0.15) is 0 Å². The molecular formula is C18H27BrClN3O2. The van der Waals surface area contributed by atoms with Crippen LogP contribution >= 0.6 is 28.3 Å². The number of rotatable bonds is 4. The van der Waals surface area contributed by atoms with Gasteiger partial charge in [-0.05, 0) is 57.4 Å². The molecule has 1 atom stereocenters. The van der Waals surface area contributed by atoms with Gasteiger partial charge in [0.1, 0.15) is 0 Å². The number of hydrogen-bond donors (Lipinski definition) is 2. The molecule has 0 bridgehead atoms. The first-order chi connectivity index (χ1) is 11.2. The zero-order valence-electron chi connectivity index (χ0n) is 15.0. The molecule has 1 aliphatic heterocycles. The minimum Gasteiger partial charge on any atom is -0.354 e. The van der Waals surface area contributed by atoms with Gasteiger partial charge in [0.05, 0.1) is 5.92 Å². The van der Waals surface area contributed by atoms with Crippen LogP contribution in [0.5, 0.6) is 0 Å². The number of nitrogens with one attached hydrogen (secondary N) is 1. The van der Waals surface area contributed by atoms with Crippen LogP contribution in [0.3, 0.4) is 0 Å². The Labute approximate surface area is 164 Å². The molecule has 3 N–H and O–H groups in total. The van der Waals surface area contributed by atoms with E-state index < -0.39 is 5.54 Å². The van der Waals surface area contributed by atoms with Crippen LogP contribution in [0, 0.1) is 12.8 Å². The molecule has 25 heavy (non-hydrogen) atoms. The summed E-state index contributed by atoms with van der Waals surface area (Å²) in [5, 5.41) is 2.90. The number of carbonyl (C=O) groups is 2. The third-order valence-corrected chi connectivity index (χ3v) is 4.71. The number of aryl methyl sites for hydroxylation is 1. The van der Waals surface area contributed by atoms with Gasteiger partial charge in [0.15, 0.2) is 0 Å². The van der Waals surface area contributed by atoms with E-state index in [-0.39, 0.29) is 30.1 Å². The fourth-order valence-electron chi connectivity index (χ4n) is 2.87. The van der Waals surface area contributed by atoms with E-state index in [4.69, 9.17) is 5.73 Å². The van der Waals surface area contributed by atoms with Crippen molar-refractivity contribution in [3.8, 4) is 0 Å². The predicted molar refractivity (Wildman–Crippen MR) is 106 cm³/mol. The number of likely N-dealkylation sites (tertiary alicyclic amines) is 1. The van der Waals surface area contributed by atoms with Crippen molar-refractivity contribution in [2.45, 2.75) is 39.2 Å². The lowest BCUT2D eigenvalue weighted by Gasteiger charge is -2.33. The maximum Gasteiger partial charge on any atom is 0.254 e. The third-order valence-electron chi connectivity index (χ3n) is 4.22. The molecule has 0 saturated carbocycles. The van der Waals surface area contributed by atoms with Gasteiger partial charge >= 0.3 is 0 Å². The van der Waals surface area contributed by atoms with E-state index >= 15 is 0 Å². The van der Waals surface area contributed by atoms with Crippen molar-refractivity contribution in [3.63, 3.8) is 0 Å². The molecule has 0 aliphatic carbocycles. The second-order valence-electron chi connectivity index (χ2n) is 7.26. The van der Waals surface area contributed by atoms with Gasteiger partial charge in [-0.15, -0.1) is 12.4 Å². The summed E-state index contributed by atoms with van der Waals surface area (Å²) in [6.07, 6.45) is 1.64. The van der Waals surface area contributed by atoms with Crippen LogP contribution in [0.1, 0.15) is 42.6 Å². The molecule has 140 valence electrons. The highest BCUT2D eigenvalue weighted by atomic mass is 79.9. The first kappa shape index (κ1) is 21.9. The SMILES string of the molecule is Cc1cc(Br)ccc1C(=O)N1CCCC(C(=O)NCC(C)(C)N)C1.Cl. The standard InChI is InChI=1S/C18H26BrN3O2.ClH/c1-12-9-14(19)6-7-15(12)17(24)22-8-4-5-13(10-22)16(23)21-11-18(2,3)20;/h6-7,9,13H,4-5,8,10-11,20H2,1-3H3,(H,21,23);1H. The van der Waals surface area contributed by atoms with Crippen molar-refractivity contribution >= 4 is 40.2 Å². The molecular weight excluding hydrogens is 406 g/mol. The largest absolute Gasteiger partial charge is 0.354 e. The molecule has 7 heteroatoms. The summed E-state index contributed by atoms with van der Waals surface area (Å²) in [5.74, 6) is -0.184. The highest BCUT2D eigenvalue weighted by molar-refractivity contribution is 9.10. The van der Waals surface area contributed by atoms with Gasteiger partial charge in [-0.3, -0.25) is 9.59 Å². The summed E-state index contributed by atoms with van der Waals surface area (Å²) >= 11 is 3.42. The molecule has 1 aromatic rings. The summed E-state index contributed by atoms with van der Waals surface area (Å²) in [5.41, 5.74) is 7.11. The van der Waals surface area contributed by atoms with E-state index in [0.29, 0.717) is 25.2 Å². The first-order valence-corrected chi connectivity index (χ1v) is 9.09. The predicted octanol–water partition coefficient (Wildman–Crippen LogP) is 2.89. The topological polar surface area (TPSA) is 75.4 Å². The Kier molecular flexibility index (Phi) is 7.90. The number of hydrogen-bond acceptors (Lipinski definition) is 3. The van der Waals surface area contributed by atoms with Crippen LogP contribution in [0.2, 0.25) is 0 Å². The summed E-state index contributed by atoms with van der Waals surface area (Å²) in [7, 11) is 0. The number of benzene rings is 1. The summed E-state index contributed by atoms with van der Waals surface area (Å²) in [6, 6.07) is 5.64. The lowest BCUT2D eigenvalue weighted by atomic mass is 9.95. The maximum atomic E-state index is 12.8. The van der Waals surface area contributed by atoms with Gasteiger partial charge in [0.25, 0.3) is 5.91 Å². The minimum absolute atomic E-state index is 0. The van der Waals surface area contributed by atoms with Crippen LogP contribution in [0.15, 0.2) is 22.7 Å². The quantitative estimate of drug-likeness (QED) is 0.768. The van der Waals surface area contributed by atoms with E-state index in [1.165, 1.54) is 0 Å². The minimum atomic E-state index is -0.436. The Morgan fingerprint density at radius 2 is 2.08 bits per heavy atom. The Hall–Kier alpha value is -1.11. The molecule has 1 heterocycles. The van der Waals surface area contributed by atoms with Crippen molar-refractivity contribution in [3.05, 3.63) is 33.8 Å². The number of nitrogens with zero attached hydrogens (tertiary/aromatic N) is 1. The van der Waals surface area contributed by atoms with Crippen molar-refractivity contribution in [1.29, 1.82) is 0 Å². The van der Waals surface area contributed by atoms with Crippen LogP contribution < -0.4 is 11.1 Å². The Morgan fingerprint density at radius 1 is 1.40 bits per heavy atom. The molecule has 0 spiro atoms. The van der Waals surface area contributed by atoms with Gasteiger partial charge < -0.3 is 16.0 Å². The number of halogens is 2. The normalized spacial score (nSPS) is 17.6. The first-order valence-electron chi connectivity index (χ1n) is 8.29. The Bertz CT molecular complexity index is 631. The van der Waals surface area contributed by atoms with Crippen LogP contribution in [-0.4, -0.2) is 41.9 Å². The molecule has 0 aromatic heterocycles. The van der Waals surface area contributed by atoms with Crippen LogP contribution in [0.25, 0.3) is 0 Å². The second-order valence-corrected chi connectivity index (χ2v) is 8.17. The van der Waals surface area contributed by atoms with Gasteiger partial charge in [0.2, 0.25) is 5.91 Å². The van der Waals surface area contributed by atoms with E-state index in [2.05, 4.69) is 21.2 Å². The smallest absolute Gasteiger partial charge is 0.254 e. The molecule has 1 fully saturated rings. The third kappa shape index (κ3) is 6.28. The fraction of sp³-hybridized carbons (Fsp3) is 0.556. The molecule has 1 aromatic carbocycles. The van der Waals surface area contributed by atoms with Crippen molar-refractivity contribution in [2.75, 3.05) is 19.6 Å². The average molecular weight is 433 g/mol. The highest BCUT2D eigenvalue weighted by Gasteiger charge is 2.29. The van der Waals surface area contributed by atoms with Crippen molar-refractivity contribution in [2.24, 2.45) is 11.7 Å². The lowest BCUT2D eigenvalue weighted by molar-refractivity contribution is -0.126. The van der Waals surface area contributed by atoms with Gasteiger partial charge in [-0.1, -0.05) is 15.9 Å². The van der Waals surface area contributed by atoms with E-state index in [1.54, 1.807) is 4.90 Å². The van der Waals surface area contributed by atoms with Crippen LogP contribution in [-0.2, 0) is 4.79 Å². The number of piperidine rings is 1. The maximum absolute atomic E-state index is 12.8. The molecule has 1 aliphatic rings. The van der Waals surface area contributed by atoms with Gasteiger partial charge in [0, 0.05) is 35.2 Å². The molecule has 1 saturated heterocycles.